The van der Waals surface area contributed by atoms with Crippen molar-refractivity contribution in [1.82, 2.24) is 19.1 Å². The first-order valence-electron chi connectivity index (χ1n) is 10.5. The van der Waals surface area contributed by atoms with Crippen molar-refractivity contribution in [3.8, 4) is 0 Å². The summed E-state index contributed by atoms with van der Waals surface area (Å²) in [7, 11) is -4.72. The van der Waals surface area contributed by atoms with Crippen LogP contribution in [0.15, 0.2) is 34.1 Å². The Balaban J connectivity index is 1.36. The summed E-state index contributed by atoms with van der Waals surface area (Å²) in [5.74, 6) is 0.0369. The summed E-state index contributed by atoms with van der Waals surface area (Å²) in [6, 6.07) is 1.95. The predicted molar refractivity (Wildman–Crippen MR) is 117 cm³/mol. The van der Waals surface area contributed by atoms with E-state index in [1.807, 2.05) is 0 Å². The number of nitrogens with zero attached hydrogens (tertiary/aromatic N) is 4. The van der Waals surface area contributed by atoms with Crippen LogP contribution in [0, 0.1) is 0 Å². The molecule has 0 saturated carbocycles. The van der Waals surface area contributed by atoms with Gasteiger partial charge in [0.1, 0.15) is 42.3 Å². The van der Waals surface area contributed by atoms with Crippen molar-refractivity contribution in [3.05, 3.63) is 45.5 Å². The number of ether oxygens (including phenoxy) is 2. The Kier molecular flexibility index (Phi) is 7.35. The monoisotopic (exact) mass is 516 g/mol. The van der Waals surface area contributed by atoms with Gasteiger partial charge in [0.2, 0.25) is 0 Å². The smallest absolute Gasteiger partial charge is 0.394 e. The molecule has 4 heterocycles. The molecule has 0 radical (unpaired) electrons. The van der Waals surface area contributed by atoms with Gasteiger partial charge < -0.3 is 36.0 Å². The fourth-order valence-electron chi connectivity index (χ4n) is 3.90. The molecule has 2 saturated heterocycles. The highest BCUT2D eigenvalue weighted by Crippen LogP contribution is 2.48. The van der Waals surface area contributed by atoms with E-state index in [0.717, 1.165) is 9.13 Å². The maximum Gasteiger partial charge on any atom is 0.472 e. The van der Waals surface area contributed by atoms with Crippen LogP contribution in [-0.4, -0.2) is 78.4 Å². The minimum absolute atomic E-state index is 0.0140. The molecule has 17 heteroatoms. The summed E-state index contributed by atoms with van der Waals surface area (Å²) in [4.78, 5) is 41.5. The van der Waals surface area contributed by atoms with Gasteiger partial charge >= 0.3 is 19.2 Å². The number of aromatic nitrogens is 4. The topological polar surface area (TPSA) is 236 Å². The zero-order valence-electron chi connectivity index (χ0n) is 18.2. The quantitative estimate of drug-likeness (QED) is 0.233. The lowest BCUT2D eigenvalue weighted by atomic mass is 10.1. The lowest BCUT2D eigenvalue weighted by Gasteiger charge is -2.22. The largest absolute Gasteiger partial charge is 0.472 e. The Labute approximate surface area is 197 Å². The lowest BCUT2D eigenvalue weighted by molar-refractivity contribution is -0.0491. The minimum atomic E-state index is -4.72. The fourth-order valence-corrected chi connectivity index (χ4v) is 4.86. The minimum Gasteiger partial charge on any atom is -0.394 e. The molecule has 16 nitrogen and oxygen atoms in total. The highest BCUT2D eigenvalue weighted by atomic mass is 31.2. The van der Waals surface area contributed by atoms with Crippen LogP contribution in [0.3, 0.4) is 0 Å². The average Bonchev–Trinajstić information content (AvgIpc) is 3.35. The highest BCUT2D eigenvalue weighted by Gasteiger charge is 2.43. The number of nitrogen functional groups attached to an aromatic ring is 2. The normalized spacial score (nSPS) is 30.4. The third kappa shape index (κ3) is 5.60. The maximum absolute atomic E-state index is 12.6. The summed E-state index contributed by atoms with van der Waals surface area (Å²) in [6.07, 6.45) is -2.73. The molecule has 7 atom stereocenters. The molecule has 7 N–H and O–H groups in total. The van der Waals surface area contributed by atoms with Crippen molar-refractivity contribution < 1.29 is 38.2 Å². The van der Waals surface area contributed by atoms with Crippen molar-refractivity contribution in [3.63, 3.8) is 0 Å². The molecule has 35 heavy (non-hydrogen) atoms. The van der Waals surface area contributed by atoms with E-state index in [9.17, 15) is 29.3 Å². The van der Waals surface area contributed by atoms with Gasteiger partial charge in [-0.3, -0.25) is 18.2 Å². The van der Waals surface area contributed by atoms with E-state index < -0.39 is 69.1 Å². The molecule has 0 amide bonds. The van der Waals surface area contributed by atoms with Gasteiger partial charge in [0.05, 0.1) is 25.9 Å². The zero-order valence-corrected chi connectivity index (χ0v) is 19.1. The van der Waals surface area contributed by atoms with Gasteiger partial charge in [-0.25, -0.2) is 14.2 Å². The number of hydrogen-bond acceptors (Lipinski definition) is 13. The molecule has 2 aromatic heterocycles. The molecule has 2 unspecified atom stereocenters. The first kappa shape index (κ1) is 25.4. The number of phosphoric ester groups is 1. The van der Waals surface area contributed by atoms with Crippen molar-refractivity contribution in [1.29, 1.82) is 0 Å². The summed E-state index contributed by atoms with van der Waals surface area (Å²) in [5, 5.41) is 20.1. The van der Waals surface area contributed by atoms with Gasteiger partial charge in [0, 0.05) is 18.8 Å². The number of aliphatic hydroxyl groups excluding tert-OH is 2. The molecule has 0 aliphatic carbocycles. The van der Waals surface area contributed by atoms with Gasteiger partial charge in [0.25, 0.3) is 0 Å². The molecule has 4 rings (SSSR count). The van der Waals surface area contributed by atoms with Crippen molar-refractivity contribution in [2.24, 2.45) is 0 Å². The standard InChI is InChI=1S/C18H25N6O10P/c19-13-1-3-23(17(27)21-13)9-7-31-12(16(9)26)8-32-35(29,30)34-10-5-15(33-11(10)6-25)24-4-2-14(20)22-18(24)28/h1-4,9-12,15-16,25-26H,5-8H2,(H,29,30)(H2,19,21,27)(H2,20,22,28)/t9-,10+,11+,12+,15?,16+/m0/s1. The van der Waals surface area contributed by atoms with Crippen LogP contribution < -0.4 is 22.8 Å². The van der Waals surface area contributed by atoms with E-state index in [1.54, 1.807) is 0 Å². The van der Waals surface area contributed by atoms with Crippen molar-refractivity contribution in [2.75, 3.05) is 31.3 Å². The number of aliphatic hydroxyl groups is 2. The van der Waals surface area contributed by atoms with Gasteiger partial charge in [-0.05, 0) is 12.1 Å². The van der Waals surface area contributed by atoms with E-state index in [0.29, 0.717) is 0 Å². The van der Waals surface area contributed by atoms with E-state index in [4.69, 9.17) is 30.0 Å². The Morgan fingerprint density at radius 3 is 2.34 bits per heavy atom. The number of nitrogens with two attached hydrogens (primary N) is 2. The van der Waals surface area contributed by atoms with Gasteiger partial charge in [-0.15, -0.1) is 0 Å². The second kappa shape index (κ2) is 10.1. The van der Waals surface area contributed by atoms with Gasteiger partial charge in [0.15, 0.2) is 0 Å². The first-order chi connectivity index (χ1) is 16.6. The second-order valence-electron chi connectivity index (χ2n) is 7.97. The maximum atomic E-state index is 12.6. The van der Waals surface area contributed by atoms with E-state index in [2.05, 4.69) is 9.97 Å². The van der Waals surface area contributed by atoms with Crippen LogP contribution >= 0.6 is 7.82 Å². The lowest BCUT2D eigenvalue weighted by Crippen LogP contribution is -2.36. The van der Waals surface area contributed by atoms with Crippen LogP contribution in [0.1, 0.15) is 18.7 Å². The second-order valence-corrected chi connectivity index (χ2v) is 9.38. The summed E-state index contributed by atoms with van der Waals surface area (Å²) < 4.78 is 36.0. The van der Waals surface area contributed by atoms with E-state index in [-0.39, 0.29) is 24.7 Å². The molecular formula is C18H25N6O10P. The number of hydrogen-bond donors (Lipinski definition) is 5. The fraction of sp³-hybridized carbons (Fsp3) is 0.556. The van der Waals surface area contributed by atoms with E-state index >= 15 is 0 Å². The Morgan fingerprint density at radius 2 is 1.74 bits per heavy atom. The average molecular weight is 516 g/mol. The molecule has 0 aromatic carbocycles. The molecule has 2 aliphatic heterocycles. The Hall–Kier alpha value is -2.69. The third-order valence-corrected chi connectivity index (χ3v) is 6.67. The van der Waals surface area contributed by atoms with Crippen LogP contribution in [-0.2, 0) is 23.1 Å². The third-order valence-electron chi connectivity index (χ3n) is 5.66. The van der Waals surface area contributed by atoms with E-state index in [1.165, 1.54) is 24.5 Å². The molecule has 192 valence electrons. The molecule has 2 aromatic rings. The molecule has 2 aliphatic rings. The van der Waals surface area contributed by atoms with Crippen molar-refractivity contribution in [2.45, 2.75) is 43.1 Å². The summed E-state index contributed by atoms with van der Waals surface area (Å²) in [6.45, 7) is -1.17. The van der Waals surface area contributed by atoms with Crippen LogP contribution in [0.4, 0.5) is 11.6 Å². The Bertz CT molecular complexity index is 1220. The molecule has 0 bridgehead atoms. The molecular weight excluding hydrogens is 491 g/mol. The highest BCUT2D eigenvalue weighted by molar-refractivity contribution is 7.47. The molecule has 2 fully saturated rings. The molecule has 0 spiro atoms. The first-order valence-corrected chi connectivity index (χ1v) is 12.0. The summed E-state index contributed by atoms with van der Waals surface area (Å²) >= 11 is 0. The van der Waals surface area contributed by atoms with Gasteiger partial charge in [-0.2, -0.15) is 9.97 Å². The van der Waals surface area contributed by atoms with Crippen LogP contribution in [0.25, 0.3) is 0 Å². The predicted octanol–water partition coefficient (Wildman–Crippen LogP) is -2.25. The summed E-state index contributed by atoms with van der Waals surface area (Å²) in [5.41, 5.74) is 9.55. The number of anilines is 2. The SMILES string of the molecule is Nc1ccn(C2C[C@@H](OP(=O)(O)OC[C@H]3OC[C@H](n4ccc(N)nc4=O)[C@H]3O)[C@@H](CO)O2)c(=O)n1. The zero-order chi connectivity index (χ0) is 25.3. The number of rotatable bonds is 8. The van der Waals surface area contributed by atoms with Crippen LogP contribution in [0.2, 0.25) is 0 Å². The van der Waals surface area contributed by atoms with Crippen molar-refractivity contribution >= 4 is 19.5 Å². The number of phosphoric acid groups is 1. The van der Waals surface area contributed by atoms with Gasteiger partial charge in [-0.1, -0.05) is 0 Å². The van der Waals surface area contributed by atoms with Crippen LogP contribution in [0.5, 0.6) is 0 Å². The Morgan fingerprint density at radius 1 is 1.11 bits per heavy atom.